The van der Waals surface area contributed by atoms with Gasteiger partial charge < -0.3 is 4.74 Å². The molecule has 0 N–H and O–H groups in total. The quantitative estimate of drug-likeness (QED) is 0.388. The third-order valence-corrected chi connectivity index (χ3v) is 4.02. The van der Waals surface area contributed by atoms with Gasteiger partial charge >= 0.3 is 5.97 Å². The van der Waals surface area contributed by atoms with Crippen molar-refractivity contribution in [1.82, 2.24) is 0 Å². The van der Waals surface area contributed by atoms with E-state index in [2.05, 4.69) is 29.5 Å². The van der Waals surface area contributed by atoms with Crippen molar-refractivity contribution in [1.29, 1.82) is 0 Å². The average molecular weight is 360 g/mol. The lowest BCUT2D eigenvalue weighted by Gasteiger charge is -2.09. The number of rotatable bonds is 8. The molecule has 1 atom stereocenters. The van der Waals surface area contributed by atoms with Crippen LogP contribution in [0.1, 0.15) is 44.6 Å². The van der Waals surface area contributed by atoms with E-state index in [0.29, 0.717) is 17.0 Å². The highest BCUT2D eigenvalue weighted by atomic mass is 127. The summed E-state index contributed by atoms with van der Waals surface area (Å²) in [5, 5.41) is 0. The standard InChI is InChI=1S/C15H21IO2/c1-2-3-9-14(16)10-11-15(17)18-12-13-7-5-4-6-8-13/h4-8,14H,2-3,9-12H2,1H3. The Hall–Kier alpha value is -0.580. The minimum absolute atomic E-state index is 0.0861. The Bertz CT molecular complexity index is 338. The zero-order valence-electron chi connectivity index (χ0n) is 10.9. The van der Waals surface area contributed by atoms with Crippen molar-refractivity contribution in [3.63, 3.8) is 0 Å². The molecule has 0 radical (unpaired) electrons. The van der Waals surface area contributed by atoms with Crippen LogP contribution in [0.4, 0.5) is 0 Å². The summed E-state index contributed by atoms with van der Waals surface area (Å²) in [5.41, 5.74) is 1.04. The fraction of sp³-hybridized carbons (Fsp3) is 0.533. The molecule has 18 heavy (non-hydrogen) atoms. The molecule has 1 aromatic rings. The van der Waals surface area contributed by atoms with Crippen molar-refractivity contribution >= 4 is 28.6 Å². The number of alkyl halides is 1. The van der Waals surface area contributed by atoms with Gasteiger partial charge in [-0.2, -0.15) is 0 Å². The van der Waals surface area contributed by atoms with E-state index < -0.39 is 0 Å². The van der Waals surface area contributed by atoms with E-state index in [1.165, 1.54) is 19.3 Å². The van der Waals surface area contributed by atoms with E-state index in [4.69, 9.17) is 4.74 Å². The second kappa shape index (κ2) is 9.36. The van der Waals surface area contributed by atoms with E-state index in [0.717, 1.165) is 12.0 Å². The Labute approximate surface area is 123 Å². The Balaban J connectivity index is 2.14. The molecule has 0 aliphatic rings. The van der Waals surface area contributed by atoms with Crippen LogP contribution < -0.4 is 0 Å². The molecule has 0 saturated carbocycles. The van der Waals surface area contributed by atoms with E-state index in [-0.39, 0.29) is 5.97 Å². The van der Waals surface area contributed by atoms with Gasteiger partial charge in [0.25, 0.3) is 0 Å². The number of hydrogen-bond donors (Lipinski definition) is 0. The minimum atomic E-state index is -0.0861. The van der Waals surface area contributed by atoms with Crippen LogP contribution in [-0.2, 0) is 16.1 Å². The molecule has 0 aliphatic carbocycles. The highest BCUT2D eigenvalue weighted by Gasteiger charge is 2.08. The maximum atomic E-state index is 11.6. The first-order chi connectivity index (χ1) is 8.72. The summed E-state index contributed by atoms with van der Waals surface area (Å²) in [4.78, 5) is 11.6. The summed E-state index contributed by atoms with van der Waals surface area (Å²) in [5.74, 6) is -0.0861. The highest BCUT2D eigenvalue weighted by molar-refractivity contribution is 14.1. The number of benzene rings is 1. The second-order valence-electron chi connectivity index (χ2n) is 4.42. The summed E-state index contributed by atoms with van der Waals surface area (Å²) >= 11 is 2.43. The molecule has 3 heteroatoms. The average Bonchev–Trinajstić information content (AvgIpc) is 2.41. The van der Waals surface area contributed by atoms with Crippen LogP contribution in [0.25, 0.3) is 0 Å². The Morgan fingerprint density at radius 2 is 2.00 bits per heavy atom. The van der Waals surface area contributed by atoms with E-state index in [1.807, 2.05) is 30.3 Å². The maximum absolute atomic E-state index is 11.6. The fourth-order valence-electron chi connectivity index (χ4n) is 1.65. The number of unbranched alkanes of at least 4 members (excludes halogenated alkanes) is 1. The predicted octanol–water partition coefficient (Wildman–Crippen LogP) is 4.50. The first kappa shape index (κ1) is 15.5. The maximum Gasteiger partial charge on any atom is 0.306 e. The van der Waals surface area contributed by atoms with Crippen LogP contribution in [0.5, 0.6) is 0 Å². The van der Waals surface area contributed by atoms with E-state index >= 15 is 0 Å². The second-order valence-corrected chi connectivity index (χ2v) is 6.19. The number of esters is 1. The van der Waals surface area contributed by atoms with Gasteiger partial charge in [-0.3, -0.25) is 4.79 Å². The molecule has 0 spiro atoms. The number of hydrogen-bond acceptors (Lipinski definition) is 2. The summed E-state index contributed by atoms with van der Waals surface area (Å²) in [6, 6.07) is 9.80. The number of halogens is 1. The van der Waals surface area contributed by atoms with Crippen molar-refractivity contribution < 1.29 is 9.53 Å². The molecular weight excluding hydrogens is 339 g/mol. The van der Waals surface area contributed by atoms with Crippen molar-refractivity contribution in [2.75, 3.05) is 0 Å². The monoisotopic (exact) mass is 360 g/mol. The van der Waals surface area contributed by atoms with Gasteiger partial charge in [0.15, 0.2) is 0 Å². The molecule has 1 rings (SSSR count). The smallest absolute Gasteiger partial charge is 0.306 e. The fourth-order valence-corrected chi connectivity index (χ4v) is 2.41. The molecule has 100 valence electrons. The lowest BCUT2D eigenvalue weighted by molar-refractivity contribution is -0.145. The molecule has 0 saturated heterocycles. The van der Waals surface area contributed by atoms with Gasteiger partial charge in [0, 0.05) is 10.3 Å². The van der Waals surface area contributed by atoms with Crippen molar-refractivity contribution in [3.05, 3.63) is 35.9 Å². The van der Waals surface area contributed by atoms with Gasteiger partial charge in [-0.25, -0.2) is 0 Å². The Morgan fingerprint density at radius 1 is 1.28 bits per heavy atom. The number of carbonyl (C=O) groups is 1. The van der Waals surface area contributed by atoms with Crippen LogP contribution >= 0.6 is 22.6 Å². The summed E-state index contributed by atoms with van der Waals surface area (Å²) in [6.45, 7) is 2.58. The number of carbonyl (C=O) groups excluding carboxylic acids is 1. The molecule has 0 bridgehead atoms. The zero-order chi connectivity index (χ0) is 13.2. The lowest BCUT2D eigenvalue weighted by atomic mass is 10.1. The van der Waals surface area contributed by atoms with E-state index in [9.17, 15) is 4.79 Å². The first-order valence-corrected chi connectivity index (χ1v) is 7.80. The zero-order valence-corrected chi connectivity index (χ0v) is 13.1. The molecule has 2 nitrogen and oxygen atoms in total. The Kier molecular flexibility index (Phi) is 8.05. The van der Waals surface area contributed by atoms with Crippen molar-refractivity contribution in [2.45, 2.75) is 49.6 Å². The minimum Gasteiger partial charge on any atom is -0.461 e. The van der Waals surface area contributed by atoms with Crippen LogP contribution in [-0.4, -0.2) is 9.89 Å². The first-order valence-electron chi connectivity index (χ1n) is 6.56. The third-order valence-electron chi connectivity index (χ3n) is 2.78. The summed E-state index contributed by atoms with van der Waals surface area (Å²) < 4.78 is 5.83. The lowest BCUT2D eigenvalue weighted by Crippen LogP contribution is -2.08. The van der Waals surface area contributed by atoms with Gasteiger partial charge in [-0.1, -0.05) is 72.7 Å². The number of ether oxygens (including phenoxy) is 1. The van der Waals surface area contributed by atoms with Crippen LogP contribution in [0.15, 0.2) is 30.3 Å². The predicted molar refractivity (Wildman–Crippen MR) is 82.8 cm³/mol. The summed E-state index contributed by atoms with van der Waals surface area (Å²) in [7, 11) is 0. The summed E-state index contributed by atoms with van der Waals surface area (Å²) in [6.07, 6.45) is 5.12. The molecule has 1 aromatic carbocycles. The van der Waals surface area contributed by atoms with Crippen LogP contribution in [0.2, 0.25) is 0 Å². The molecular formula is C15H21IO2. The van der Waals surface area contributed by atoms with E-state index in [1.54, 1.807) is 0 Å². The van der Waals surface area contributed by atoms with Crippen molar-refractivity contribution in [2.24, 2.45) is 0 Å². The van der Waals surface area contributed by atoms with Gasteiger partial charge in [0.05, 0.1) is 0 Å². The molecule has 1 unspecified atom stereocenters. The normalized spacial score (nSPS) is 12.1. The van der Waals surface area contributed by atoms with Crippen LogP contribution in [0.3, 0.4) is 0 Å². The largest absolute Gasteiger partial charge is 0.461 e. The third kappa shape index (κ3) is 6.99. The molecule has 0 fully saturated rings. The van der Waals surface area contributed by atoms with Crippen molar-refractivity contribution in [3.8, 4) is 0 Å². The topological polar surface area (TPSA) is 26.3 Å². The molecule has 0 aromatic heterocycles. The van der Waals surface area contributed by atoms with Crippen LogP contribution in [0, 0.1) is 0 Å². The molecule has 0 aliphatic heterocycles. The molecule has 0 heterocycles. The van der Waals surface area contributed by atoms with Gasteiger partial charge in [0.2, 0.25) is 0 Å². The van der Waals surface area contributed by atoms with Gasteiger partial charge in [-0.15, -0.1) is 0 Å². The van der Waals surface area contributed by atoms with Gasteiger partial charge in [0.1, 0.15) is 6.61 Å². The Morgan fingerprint density at radius 3 is 2.67 bits per heavy atom. The highest BCUT2D eigenvalue weighted by Crippen LogP contribution is 2.16. The SMILES string of the molecule is CCCCC(I)CCC(=O)OCc1ccccc1. The molecule has 0 amide bonds. The van der Waals surface area contributed by atoms with Gasteiger partial charge in [-0.05, 0) is 18.4 Å².